The molecule has 0 bridgehead atoms. The zero-order valence-electron chi connectivity index (χ0n) is 10.6. The molecular formula is C13H12BrClN2O3. The van der Waals surface area contributed by atoms with Gasteiger partial charge in [-0.05, 0) is 24.1 Å². The topological polar surface area (TPSA) is 76.2 Å². The zero-order chi connectivity index (χ0) is 14.7. The van der Waals surface area contributed by atoms with Crippen LogP contribution in [0.15, 0.2) is 27.1 Å². The molecule has 0 aliphatic carbocycles. The number of halogens is 2. The van der Waals surface area contributed by atoms with Crippen molar-refractivity contribution >= 4 is 33.5 Å². The van der Waals surface area contributed by atoms with Crippen LogP contribution in [0.5, 0.6) is 0 Å². The fourth-order valence-corrected chi connectivity index (χ4v) is 2.53. The summed E-state index contributed by atoms with van der Waals surface area (Å²) in [6.07, 6.45) is 0.490. The molecular weight excluding hydrogens is 348 g/mol. The minimum Gasteiger partial charge on any atom is -0.481 e. The van der Waals surface area contributed by atoms with Gasteiger partial charge < -0.3 is 9.52 Å². The van der Waals surface area contributed by atoms with Crippen molar-refractivity contribution in [2.75, 3.05) is 0 Å². The molecule has 0 fully saturated rings. The van der Waals surface area contributed by atoms with Crippen molar-refractivity contribution in [2.24, 2.45) is 5.92 Å². The van der Waals surface area contributed by atoms with E-state index in [9.17, 15) is 4.79 Å². The van der Waals surface area contributed by atoms with Crippen LogP contribution in [0, 0.1) is 5.92 Å². The number of aliphatic carboxylic acids is 1. The standard InChI is InChI=1S/C13H12BrClN2O3/c1-7(5-12(18)19)4-11-16-17-13(20-11)9-3-2-8(14)6-10(9)15/h2-3,6-7H,4-5H2,1H3,(H,18,19). The SMILES string of the molecule is CC(CC(=O)O)Cc1nnc(-c2ccc(Br)cc2Cl)o1. The predicted molar refractivity (Wildman–Crippen MR) is 77.6 cm³/mol. The Morgan fingerprint density at radius 1 is 1.50 bits per heavy atom. The number of aromatic nitrogens is 2. The normalized spacial score (nSPS) is 12.3. The molecule has 5 nitrogen and oxygen atoms in total. The molecule has 2 aromatic rings. The van der Waals surface area contributed by atoms with Crippen LogP contribution in [0.2, 0.25) is 5.02 Å². The molecule has 1 heterocycles. The van der Waals surface area contributed by atoms with Crippen LogP contribution in [-0.4, -0.2) is 21.3 Å². The van der Waals surface area contributed by atoms with Gasteiger partial charge in [0.2, 0.25) is 11.8 Å². The molecule has 0 aliphatic rings. The van der Waals surface area contributed by atoms with Gasteiger partial charge in [-0.25, -0.2) is 0 Å². The fraction of sp³-hybridized carbons (Fsp3) is 0.308. The van der Waals surface area contributed by atoms with Gasteiger partial charge in [0.15, 0.2) is 0 Å². The lowest BCUT2D eigenvalue weighted by Gasteiger charge is -2.03. The summed E-state index contributed by atoms with van der Waals surface area (Å²) in [4.78, 5) is 10.6. The van der Waals surface area contributed by atoms with E-state index in [0.29, 0.717) is 28.8 Å². The summed E-state index contributed by atoms with van der Waals surface area (Å²) in [5.41, 5.74) is 0.652. The third-order valence-electron chi connectivity index (χ3n) is 2.67. The molecule has 2 rings (SSSR count). The molecule has 1 aromatic heterocycles. The smallest absolute Gasteiger partial charge is 0.303 e. The average Bonchev–Trinajstić information content (AvgIpc) is 2.75. The summed E-state index contributed by atoms with van der Waals surface area (Å²) in [5.74, 6) is -0.165. The van der Waals surface area contributed by atoms with Crippen molar-refractivity contribution < 1.29 is 14.3 Å². The van der Waals surface area contributed by atoms with E-state index in [0.717, 1.165) is 4.47 Å². The highest BCUT2D eigenvalue weighted by Crippen LogP contribution is 2.29. The van der Waals surface area contributed by atoms with Crippen molar-refractivity contribution in [1.29, 1.82) is 0 Å². The zero-order valence-corrected chi connectivity index (χ0v) is 13.0. The van der Waals surface area contributed by atoms with Crippen LogP contribution in [0.1, 0.15) is 19.2 Å². The largest absolute Gasteiger partial charge is 0.481 e. The van der Waals surface area contributed by atoms with Crippen molar-refractivity contribution in [3.8, 4) is 11.5 Å². The van der Waals surface area contributed by atoms with E-state index in [1.54, 1.807) is 12.1 Å². The number of benzene rings is 1. The van der Waals surface area contributed by atoms with Crippen LogP contribution >= 0.6 is 27.5 Å². The number of hydrogen-bond donors (Lipinski definition) is 1. The maximum absolute atomic E-state index is 10.6. The van der Waals surface area contributed by atoms with Crippen molar-refractivity contribution in [3.63, 3.8) is 0 Å². The maximum Gasteiger partial charge on any atom is 0.303 e. The van der Waals surface area contributed by atoms with Crippen LogP contribution in [0.25, 0.3) is 11.5 Å². The lowest BCUT2D eigenvalue weighted by molar-refractivity contribution is -0.137. The van der Waals surface area contributed by atoms with Gasteiger partial charge in [0, 0.05) is 17.3 Å². The highest BCUT2D eigenvalue weighted by molar-refractivity contribution is 9.10. The van der Waals surface area contributed by atoms with Gasteiger partial charge in [-0.3, -0.25) is 4.79 Å². The number of nitrogens with zero attached hydrogens (tertiary/aromatic N) is 2. The maximum atomic E-state index is 10.6. The van der Waals surface area contributed by atoms with E-state index in [-0.39, 0.29) is 12.3 Å². The first-order valence-corrected chi connectivity index (χ1v) is 7.12. The first-order chi connectivity index (χ1) is 9.45. The Balaban J connectivity index is 2.14. The van der Waals surface area contributed by atoms with E-state index < -0.39 is 5.97 Å². The van der Waals surface area contributed by atoms with Crippen molar-refractivity contribution in [3.05, 3.63) is 33.6 Å². The highest BCUT2D eigenvalue weighted by Gasteiger charge is 2.15. The number of hydrogen-bond acceptors (Lipinski definition) is 4. The molecule has 1 atom stereocenters. The van der Waals surface area contributed by atoms with Gasteiger partial charge in [-0.15, -0.1) is 10.2 Å². The van der Waals surface area contributed by atoms with E-state index in [1.165, 1.54) is 0 Å². The molecule has 1 unspecified atom stereocenters. The number of carboxylic acid groups (broad SMARTS) is 1. The average molecular weight is 360 g/mol. The molecule has 106 valence electrons. The minimum atomic E-state index is -0.840. The Kier molecular flexibility index (Phi) is 4.77. The summed E-state index contributed by atoms with van der Waals surface area (Å²) in [7, 11) is 0. The number of carboxylic acids is 1. The molecule has 0 saturated heterocycles. The van der Waals surface area contributed by atoms with E-state index >= 15 is 0 Å². The second-order valence-corrected chi connectivity index (χ2v) is 5.86. The molecule has 0 amide bonds. The lowest BCUT2D eigenvalue weighted by atomic mass is 10.0. The van der Waals surface area contributed by atoms with Gasteiger partial charge >= 0.3 is 5.97 Å². The third-order valence-corrected chi connectivity index (χ3v) is 3.48. The lowest BCUT2D eigenvalue weighted by Crippen LogP contribution is -2.07. The summed E-state index contributed by atoms with van der Waals surface area (Å²) in [6, 6.07) is 5.36. The first kappa shape index (κ1) is 15.0. The Hall–Kier alpha value is -1.40. The van der Waals surface area contributed by atoms with Gasteiger partial charge in [0.05, 0.1) is 10.6 Å². The molecule has 20 heavy (non-hydrogen) atoms. The Morgan fingerprint density at radius 3 is 2.90 bits per heavy atom. The summed E-state index contributed by atoms with van der Waals surface area (Å²) in [6.45, 7) is 1.82. The molecule has 0 saturated carbocycles. The Morgan fingerprint density at radius 2 is 2.25 bits per heavy atom. The Bertz CT molecular complexity index is 630. The monoisotopic (exact) mass is 358 g/mol. The van der Waals surface area contributed by atoms with Gasteiger partial charge in [-0.1, -0.05) is 34.5 Å². The summed E-state index contributed by atoms with van der Waals surface area (Å²) in [5, 5.41) is 17.1. The molecule has 1 N–H and O–H groups in total. The quantitative estimate of drug-likeness (QED) is 0.878. The van der Waals surface area contributed by atoms with Crippen molar-refractivity contribution in [2.45, 2.75) is 19.8 Å². The molecule has 0 radical (unpaired) electrons. The highest BCUT2D eigenvalue weighted by atomic mass is 79.9. The fourth-order valence-electron chi connectivity index (χ4n) is 1.78. The Labute approximate surface area is 129 Å². The van der Waals surface area contributed by atoms with Crippen molar-refractivity contribution in [1.82, 2.24) is 10.2 Å². The molecule has 0 spiro atoms. The first-order valence-electron chi connectivity index (χ1n) is 5.95. The summed E-state index contributed by atoms with van der Waals surface area (Å²) < 4.78 is 6.39. The van der Waals surface area contributed by atoms with E-state index in [4.69, 9.17) is 21.1 Å². The van der Waals surface area contributed by atoms with Crippen LogP contribution < -0.4 is 0 Å². The third kappa shape index (κ3) is 3.80. The summed E-state index contributed by atoms with van der Waals surface area (Å²) >= 11 is 9.44. The number of rotatable bonds is 5. The molecule has 1 aromatic carbocycles. The van der Waals surface area contributed by atoms with Crippen LogP contribution in [0.4, 0.5) is 0 Å². The molecule has 7 heteroatoms. The minimum absolute atomic E-state index is 0.0662. The number of carbonyl (C=O) groups is 1. The van der Waals surface area contributed by atoms with Crippen LogP contribution in [-0.2, 0) is 11.2 Å². The molecule has 0 aliphatic heterocycles. The van der Waals surface area contributed by atoms with E-state index in [2.05, 4.69) is 26.1 Å². The van der Waals surface area contributed by atoms with Gasteiger partial charge in [0.1, 0.15) is 0 Å². The van der Waals surface area contributed by atoms with Gasteiger partial charge in [0.25, 0.3) is 0 Å². The predicted octanol–water partition coefficient (Wildman–Crippen LogP) is 3.81. The second-order valence-electron chi connectivity index (χ2n) is 4.53. The van der Waals surface area contributed by atoms with Crippen LogP contribution in [0.3, 0.4) is 0 Å². The van der Waals surface area contributed by atoms with E-state index in [1.807, 2.05) is 13.0 Å². The second kappa shape index (κ2) is 6.37. The van der Waals surface area contributed by atoms with Gasteiger partial charge in [-0.2, -0.15) is 0 Å².